The fourth-order valence-corrected chi connectivity index (χ4v) is 2.39. The molecule has 2 aromatic rings. The first-order chi connectivity index (χ1) is 9.10. The van der Waals surface area contributed by atoms with Crippen LogP contribution in [0.15, 0.2) is 29.6 Å². The Morgan fingerprint density at radius 3 is 2.63 bits per heavy atom. The van der Waals surface area contributed by atoms with Crippen LogP contribution in [0.25, 0.3) is 0 Å². The molecule has 0 saturated heterocycles. The van der Waals surface area contributed by atoms with Crippen molar-refractivity contribution in [3.05, 3.63) is 46.5 Å². The molecule has 0 aliphatic rings. The van der Waals surface area contributed by atoms with E-state index in [1.165, 1.54) is 16.9 Å². The van der Waals surface area contributed by atoms with Crippen LogP contribution in [0.3, 0.4) is 0 Å². The van der Waals surface area contributed by atoms with E-state index < -0.39 is 6.10 Å². The zero-order valence-electron chi connectivity index (χ0n) is 10.9. The molecule has 0 saturated carbocycles. The minimum absolute atomic E-state index is 0.186. The van der Waals surface area contributed by atoms with Gasteiger partial charge in [-0.1, -0.05) is 19.1 Å². The van der Waals surface area contributed by atoms with Gasteiger partial charge < -0.3 is 5.11 Å². The highest BCUT2D eigenvalue weighted by molar-refractivity contribution is 7.14. The molecule has 1 heterocycles. The van der Waals surface area contributed by atoms with Gasteiger partial charge in [0.05, 0.1) is 11.8 Å². The number of aliphatic hydroxyl groups is 1. The van der Waals surface area contributed by atoms with Gasteiger partial charge in [0.1, 0.15) is 0 Å². The summed E-state index contributed by atoms with van der Waals surface area (Å²) in [5.41, 5.74) is 2.37. The van der Waals surface area contributed by atoms with E-state index in [1.807, 2.05) is 12.1 Å². The molecular weight excluding hydrogens is 260 g/mol. The monoisotopic (exact) mass is 276 g/mol. The Balaban J connectivity index is 2.06. The lowest BCUT2D eigenvalue weighted by molar-refractivity contribution is 0.102. The van der Waals surface area contributed by atoms with Crippen LogP contribution in [0.2, 0.25) is 0 Å². The van der Waals surface area contributed by atoms with Crippen LogP contribution in [-0.4, -0.2) is 16.0 Å². The Kier molecular flexibility index (Phi) is 4.29. The van der Waals surface area contributed by atoms with E-state index in [1.54, 1.807) is 24.4 Å². The predicted octanol–water partition coefficient (Wildman–Crippen LogP) is 3.01. The van der Waals surface area contributed by atoms with Crippen molar-refractivity contribution in [1.29, 1.82) is 0 Å². The molecule has 1 atom stereocenters. The van der Waals surface area contributed by atoms with Gasteiger partial charge in [-0.25, -0.2) is 4.98 Å². The van der Waals surface area contributed by atoms with Gasteiger partial charge in [0.25, 0.3) is 5.91 Å². The highest BCUT2D eigenvalue weighted by Gasteiger charge is 2.10. The first-order valence-electron chi connectivity index (χ1n) is 6.14. The van der Waals surface area contributed by atoms with E-state index in [0.29, 0.717) is 16.4 Å². The average Bonchev–Trinajstić information content (AvgIpc) is 2.87. The van der Waals surface area contributed by atoms with Crippen LogP contribution in [0.5, 0.6) is 0 Å². The van der Waals surface area contributed by atoms with Crippen LogP contribution in [0, 0.1) is 0 Å². The molecule has 0 aliphatic heterocycles. The summed E-state index contributed by atoms with van der Waals surface area (Å²) in [5.74, 6) is -0.186. The summed E-state index contributed by atoms with van der Waals surface area (Å²) in [4.78, 5) is 16.1. The van der Waals surface area contributed by atoms with Crippen LogP contribution in [-0.2, 0) is 6.42 Å². The van der Waals surface area contributed by atoms with Crippen LogP contribution in [0.1, 0.15) is 41.6 Å². The van der Waals surface area contributed by atoms with Gasteiger partial charge in [0.2, 0.25) is 0 Å². The minimum atomic E-state index is -0.620. The van der Waals surface area contributed by atoms with Gasteiger partial charge in [-0.3, -0.25) is 10.1 Å². The molecule has 1 amide bonds. The van der Waals surface area contributed by atoms with E-state index in [2.05, 4.69) is 17.2 Å². The number of thiazole rings is 1. The zero-order chi connectivity index (χ0) is 13.8. The number of anilines is 1. The number of benzene rings is 1. The Morgan fingerprint density at radius 2 is 2.11 bits per heavy atom. The SMILES string of the molecule is CCc1ccc(C(=O)Nc2nc(C(C)O)cs2)cc1. The first kappa shape index (κ1) is 13.7. The van der Waals surface area contributed by atoms with Crippen molar-refractivity contribution in [2.75, 3.05) is 5.32 Å². The molecule has 0 fully saturated rings. The standard InChI is InChI=1S/C14H16N2O2S/c1-3-10-4-6-11(7-5-10)13(18)16-14-15-12(8-19-14)9(2)17/h4-9,17H,3H2,1-2H3,(H,15,16,18). The number of aromatic nitrogens is 1. The third-order valence-electron chi connectivity index (χ3n) is 2.79. The summed E-state index contributed by atoms with van der Waals surface area (Å²) in [6, 6.07) is 7.49. The van der Waals surface area contributed by atoms with E-state index in [4.69, 9.17) is 0 Å². The summed E-state index contributed by atoms with van der Waals surface area (Å²) < 4.78 is 0. The summed E-state index contributed by atoms with van der Waals surface area (Å²) in [6.45, 7) is 3.71. The fourth-order valence-electron chi connectivity index (χ4n) is 1.60. The van der Waals surface area contributed by atoms with Crippen molar-refractivity contribution >= 4 is 22.4 Å². The second kappa shape index (κ2) is 5.95. The highest BCUT2D eigenvalue weighted by atomic mass is 32.1. The second-order valence-electron chi connectivity index (χ2n) is 4.26. The Labute approximate surface area is 116 Å². The molecule has 2 rings (SSSR count). The number of rotatable bonds is 4. The van der Waals surface area contributed by atoms with Crippen LogP contribution < -0.4 is 5.32 Å². The lowest BCUT2D eigenvalue weighted by atomic mass is 10.1. The Morgan fingerprint density at radius 1 is 1.42 bits per heavy atom. The van der Waals surface area contributed by atoms with Crippen molar-refractivity contribution in [2.45, 2.75) is 26.4 Å². The number of nitrogens with zero attached hydrogens (tertiary/aromatic N) is 1. The smallest absolute Gasteiger partial charge is 0.257 e. The van der Waals surface area contributed by atoms with Crippen LogP contribution in [0.4, 0.5) is 5.13 Å². The summed E-state index contributed by atoms with van der Waals surface area (Å²) >= 11 is 1.31. The quantitative estimate of drug-likeness (QED) is 0.902. The zero-order valence-corrected chi connectivity index (χ0v) is 11.7. The summed E-state index contributed by atoms with van der Waals surface area (Å²) in [6.07, 6.45) is 0.331. The lowest BCUT2D eigenvalue weighted by Crippen LogP contribution is -2.11. The second-order valence-corrected chi connectivity index (χ2v) is 5.12. The molecule has 1 aromatic carbocycles. The van der Waals surface area contributed by atoms with E-state index >= 15 is 0 Å². The number of hydrogen-bond acceptors (Lipinski definition) is 4. The van der Waals surface area contributed by atoms with Gasteiger partial charge in [-0.15, -0.1) is 11.3 Å². The first-order valence-corrected chi connectivity index (χ1v) is 7.02. The molecule has 4 nitrogen and oxygen atoms in total. The number of hydrogen-bond donors (Lipinski definition) is 2. The molecule has 100 valence electrons. The lowest BCUT2D eigenvalue weighted by Gasteiger charge is -2.03. The van der Waals surface area contributed by atoms with Gasteiger partial charge in [-0.2, -0.15) is 0 Å². The largest absolute Gasteiger partial charge is 0.387 e. The van der Waals surface area contributed by atoms with Crippen molar-refractivity contribution in [1.82, 2.24) is 4.98 Å². The summed E-state index contributed by atoms with van der Waals surface area (Å²) in [5, 5.41) is 14.3. The van der Waals surface area contributed by atoms with Gasteiger partial charge in [0.15, 0.2) is 5.13 Å². The van der Waals surface area contributed by atoms with E-state index in [-0.39, 0.29) is 5.91 Å². The summed E-state index contributed by atoms with van der Waals surface area (Å²) in [7, 11) is 0. The fraction of sp³-hybridized carbons (Fsp3) is 0.286. The number of aliphatic hydroxyl groups excluding tert-OH is 1. The number of carbonyl (C=O) groups excluding carboxylic acids is 1. The molecule has 0 bridgehead atoms. The molecule has 2 N–H and O–H groups in total. The van der Waals surface area contributed by atoms with Crippen molar-refractivity contribution < 1.29 is 9.90 Å². The predicted molar refractivity (Wildman–Crippen MR) is 76.5 cm³/mol. The highest BCUT2D eigenvalue weighted by Crippen LogP contribution is 2.20. The van der Waals surface area contributed by atoms with Crippen molar-refractivity contribution in [2.24, 2.45) is 0 Å². The maximum atomic E-state index is 12.0. The van der Waals surface area contributed by atoms with Crippen molar-refractivity contribution in [3.8, 4) is 0 Å². The minimum Gasteiger partial charge on any atom is -0.387 e. The maximum absolute atomic E-state index is 12.0. The number of amides is 1. The maximum Gasteiger partial charge on any atom is 0.257 e. The normalized spacial score (nSPS) is 12.2. The number of aryl methyl sites for hydroxylation is 1. The molecule has 0 aliphatic carbocycles. The topological polar surface area (TPSA) is 62.2 Å². The van der Waals surface area contributed by atoms with Gasteiger partial charge >= 0.3 is 0 Å². The number of carbonyl (C=O) groups is 1. The Bertz CT molecular complexity index is 561. The molecule has 0 radical (unpaired) electrons. The van der Waals surface area contributed by atoms with E-state index in [0.717, 1.165) is 6.42 Å². The molecule has 1 unspecified atom stereocenters. The molecule has 5 heteroatoms. The van der Waals surface area contributed by atoms with Gasteiger partial charge in [0, 0.05) is 10.9 Å². The third-order valence-corrected chi connectivity index (χ3v) is 3.57. The number of nitrogens with one attached hydrogen (secondary N) is 1. The van der Waals surface area contributed by atoms with Crippen LogP contribution >= 0.6 is 11.3 Å². The molecular formula is C14H16N2O2S. The van der Waals surface area contributed by atoms with Crippen molar-refractivity contribution in [3.63, 3.8) is 0 Å². The molecule has 0 spiro atoms. The van der Waals surface area contributed by atoms with E-state index in [9.17, 15) is 9.90 Å². The average molecular weight is 276 g/mol. The third kappa shape index (κ3) is 3.39. The van der Waals surface area contributed by atoms with Gasteiger partial charge in [-0.05, 0) is 31.0 Å². The molecule has 1 aromatic heterocycles. The molecule has 19 heavy (non-hydrogen) atoms. The Hall–Kier alpha value is -1.72.